The molecule has 1 saturated carbocycles. The van der Waals surface area contributed by atoms with Crippen molar-refractivity contribution in [1.29, 1.82) is 0 Å². The third kappa shape index (κ3) is 7.07. The highest BCUT2D eigenvalue weighted by Crippen LogP contribution is 2.44. The zero-order valence-corrected chi connectivity index (χ0v) is 21.9. The second-order valence-corrected chi connectivity index (χ2v) is 10.7. The first-order valence-corrected chi connectivity index (χ1v) is 14.0. The topological polar surface area (TPSA) is 66.8 Å². The molecule has 2 aromatic carbocycles. The maximum atomic E-state index is 13.7. The van der Waals surface area contributed by atoms with Crippen molar-refractivity contribution < 1.29 is 19.7 Å². The number of rotatable bonds is 8. The largest absolute Gasteiger partial charge is 0.513 e. The average Bonchev–Trinajstić information content (AvgIpc) is 3.28. The first kappa shape index (κ1) is 26.2. The van der Waals surface area contributed by atoms with E-state index in [0.29, 0.717) is 23.5 Å². The third-order valence-electron chi connectivity index (χ3n) is 6.94. The van der Waals surface area contributed by atoms with Crippen LogP contribution in [0.25, 0.3) is 4.91 Å². The number of hydrogen-bond acceptors (Lipinski definition) is 5. The molecule has 2 aromatic rings. The SMILES string of the molecule is C/C(O)=C\C=C1/CSC(c2ccc(O)cc2)=C1C(=O)c1ccc(OCCC2CCCCCCC2)cc1. The van der Waals surface area contributed by atoms with Gasteiger partial charge < -0.3 is 14.9 Å². The lowest BCUT2D eigenvalue weighted by Crippen LogP contribution is -2.09. The zero-order valence-electron chi connectivity index (χ0n) is 21.0. The van der Waals surface area contributed by atoms with E-state index < -0.39 is 0 Å². The number of phenols is 1. The van der Waals surface area contributed by atoms with Gasteiger partial charge in [0.1, 0.15) is 11.5 Å². The van der Waals surface area contributed by atoms with E-state index in [0.717, 1.165) is 34.1 Å². The van der Waals surface area contributed by atoms with Crippen LogP contribution in [0.3, 0.4) is 0 Å². The predicted molar refractivity (Wildman–Crippen MR) is 149 cm³/mol. The van der Waals surface area contributed by atoms with Gasteiger partial charge in [-0.25, -0.2) is 0 Å². The molecule has 1 aliphatic heterocycles. The molecule has 36 heavy (non-hydrogen) atoms. The van der Waals surface area contributed by atoms with Crippen molar-refractivity contribution in [2.24, 2.45) is 5.92 Å². The number of aliphatic hydroxyl groups excluding tert-OH is 1. The molecular formula is C31H36O4S. The number of carbonyl (C=O) groups excluding carboxylic acids is 1. The molecule has 1 heterocycles. The summed E-state index contributed by atoms with van der Waals surface area (Å²) in [4.78, 5) is 14.5. The first-order valence-electron chi connectivity index (χ1n) is 13.0. The Balaban J connectivity index is 1.48. The molecule has 0 amide bonds. The second-order valence-electron chi connectivity index (χ2n) is 9.74. The van der Waals surface area contributed by atoms with E-state index in [4.69, 9.17) is 4.74 Å². The Morgan fingerprint density at radius 1 is 1.00 bits per heavy atom. The highest BCUT2D eigenvalue weighted by atomic mass is 32.2. The molecule has 0 bridgehead atoms. The quantitative estimate of drug-likeness (QED) is 0.280. The van der Waals surface area contributed by atoms with E-state index in [1.165, 1.54) is 44.9 Å². The van der Waals surface area contributed by atoms with Crippen molar-refractivity contribution in [1.82, 2.24) is 0 Å². The van der Waals surface area contributed by atoms with Crippen LogP contribution in [0.15, 0.2) is 77.6 Å². The van der Waals surface area contributed by atoms with Gasteiger partial charge in [-0.3, -0.25) is 4.79 Å². The van der Waals surface area contributed by atoms with E-state index in [9.17, 15) is 15.0 Å². The van der Waals surface area contributed by atoms with Crippen LogP contribution in [-0.2, 0) is 0 Å². The lowest BCUT2D eigenvalue weighted by Gasteiger charge is -2.19. The lowest BCUT2D eigenvalue weighted by molar-refractivity contribution is 0.103. The van der Waals surface area contributed by atoms with Gasteiger partial charge in [-0.1, -0.05) is 63.2 Å². The average molecular weight is 505 g/mol. The molecule has 0 aromatic heterocycles. The van der Waals surface area contributed by atoms with Gasteiger partial charge in [0.2, 0.25) is 0 Å². The van der Waals surface area contributed by atoms with Gasteiger partial charge in [0.25, 0.3) is 0 Å². The number of Topliss-reactive ketones (excluding diaryl/α,β-unsaturated/α-hetero) is 1. The summed E-state index contributed by atoms with van der Waals surface area (Å²) < 4.78 is 6.03. The molecule has 2 N–H and O–H groups in total. The van der Waals surface area contributed by atoms with Gasteiger partial charge in [-0.2, -0.15) is 0 Å². The molecule has 4 nitrogen and oxygen atoms in total. The smallest absolute Gasteiger partial charge is 0.194 e. The Morgan fingerprint density at radius 3 is 2.33 bits per heavy atom. The fourth-order valence-electron chi connectivity index (χ4n) is 4.90. The minimum atomic E-state index is -0.0561. The maximum Gasteiger partial charge on any atom is 0.194 e. The number of benzene rings is 2. The summed E-state index contributed by atoms with van der Waals surface area (Å²) in [6.07, 6.45) is 13.9. The zero-order chi connectivity index (χ0) is 25.3. The van der Waals surface area contributed by atoms with Crippen LogP contribution in [-0.4, -0.2) is 28.4 Å². The van der Waals surface area contributed by atoms with Crippen molar-refractivity contribution in [3.8, 4) is 11.5 Å². The summed E-state index contributed by atoms with van der Waals surface area (Å²) in [6, 6.07) is 14.4. The van der Waals surface area contributed by atoms with E-state index in [-0.39, 0.29) is 17.3 Å². The maximum absolute atomic E-state index is 13.7. The van der Waals surface area contributed by atoms with Crippen LogP contribution in [0.4, 0.5) is 0 Å². The van der Waals surface area contributed by atoms with Crippen molar-refractivity contribution in [2.75, 3.05) is 12.4 Å². The minimum absolute atomic E-state index is 0.0561. The number of allylic oxidation sites excluding steroid dienone is 4. The number of aliphatic hydroxyl groups is 1. The van der Waals surface area contributed by atoms with E-state index in [1.54, 1.807) is 36.9 Å². The molecule has 190 valence electrons. The normalized spacial score (nSPS) is 18.8. The van der Waals surface area contributed by atoms with Crippen molar-refractivity contribution >= 4 is 22.5 Å². The van der Waals surface area contributed by atoms with Gasteiger partial charge in [0.05, 0.1) is 12.4 Å². The van der Waals surface area contributed by atoms with E-state index in [1.807, 2.05) is 42.5 Å². The number of carbonyl (C=O) groups is 1. The van der Waals surface area contributed by atoms with Crippen LogP contribution in [0.2, 0.25) is 0 Å². The number of ketones is 1. The fourth-order valence-corrected chi connectivity index (χ4v) is 6.11. The minimum Gasteiger partial charge on any atom is -0.513 e. The number of thioether (sulfide) groups is 1. The molecular weight excluding hydrogens is 468 g/mol. The van der Waals surface area contributed by atoms with Gasteiger partial charge in [-0.15, -0.1) is 11.8 Å². The molecule has 1 aliphatic carbocycles. The second kappa shape index (κ2) is 12.9. The van der Waals surface area contributed by atoms with E-state index >= 15 is 0 Å². The van der Waals surface area contributed by atoms with Crippen molar-refractivity contribution in [3.63, 3.8) is 0 Å². The predicted octanol–water partition coefficient (Wildman–Crippen LogP) is 8.25. The number of ether oxygens (including phenoxy) is 1. The first-order chi connectivity index (χ1) is 17.5. The Labute approximate surface area is 218 Å². The van der Waals surface area contributed by atoms with Gasteiger partial charge in [0, 0.05) is 21.8 Å². The third-order valence-corrected chi connectivity index (χ3v) is 8.12. The monoisotopic (exact) mass is 504 g/mol. The van der Waals surface area contributed by atoms with Crippen LogP contribution in [0.5, 0.6) is 11.5 Å². The van der Waals surface area contributed by atoms with Gasteiger partial charge in [-0.05, 0) is 72.9 Å². The highest BCUT2D eigenvalue weighted by molar-refractivity contribution is 8.09. The molecule has 0 saturated heterocycles. The summed E-state index contributed by atoms with van der Waals surface area (Å²) >= 11 is 1.60. The molecule has 0 spiro atoms. The molecule has 0 atom stereocenters. The van der Waals surface area contributed by atoms with Crippen LogP contribution < -0.4 is 4.74 Å². The summed E-state index contributed by atoms with van der Waals surface area (Å²) in [5.41, 5.74) is 3.01. The van der Waals surface area contributed by atoms with Crippen LogP contribution in [0, 0.1) is 5.92 Å². The molecule has 5 heteroatoms. The summed E-state index contributed by atoms with van der Waals surface area (Å²) in [5, 5.41) is 19.3. The summed E-state index contributed by atoms with van der Waals surface area (Å²) in [7, 11) is 0. The van der Waals surface area contributed by atoms with Crippen LogP contribution in [0.1, 0.15) is 74.2 Å². The number of hydrogen-bond donors (Lipinski definition) is 2. The molecule has 2 aliphatic rings. The Bertz CT molecular complexity index is 1110. The Kier molecular flexibility index (Phi) is 9.35. The summed E-state index contributed by atoms with van der Waals surface area (Å²) in [6.45, 7) is 2.33. The number of phenolic OH excluding ortho intramolecular Hbond substituents is 1. The molecule has 1 fully saturated rings. The Morgan fingerprint density at radius 2 is 1.67 bits per heavy atom. The number of aromatic hydroxyl groups is 1. The molecule has 0 unspecified atom stereocenters. The van der Waals surface area contributed by atoms with Gasteiger partial charge >= 0.3 is 0 Å². The lowest BCUT2D eigenvalue weighted by atomic mass is 9.89. The standard InChI is InChI=1S/C31H36O4S/c1-22(32)9-10-26-21-36-31(25-11-15-27(33)16-12-25)29(26)30(34)24-13-17-28(18-14-24)35-20-19-23-7-5-3-2-4-6-8-23/h9-18,23,32-33H,2-8,19-21H2,1H3/b22-9+,26-10+. The van der Waals surface area contributed by atoms with Gasteiger partial charge in [0.15, 0.2) is 5.78 Å². The van der Waals surface area contributed by atoms with E-state index in [2.05, 4.69) is 0 Å². The van der Waals surface area contributed by atoms with Crippen molar-refractivity contribution in [3.05, 3.63) is 88.7 Å². The Hall–Kier alpha value is -2.92. The molecule has 0 radical (unpaired) electrons. The fraction of sp³-hybridized carbons (Fsp3) is 0.387. The van der Waals surface area contributed by atoms with Crippen molar-refractivity contribution in [2.45, 2.75) is 58.3 Å². The molecule has 4 rings (SSSR count). The summed E-state index contributed by atoms with van der Waals surface area (Å²) in [5.74, 6) is 2.52. The van der Waals surface area contributed by atoms with Crippen LogP contribution >= 0.6 is 11.8 Å². The highest BCUT2D eigenvalue weighted by Gasteiger charge is 2.28.